The van der Waals surface area contributed by atoms with Crippen molar-refractivity contribution in [3.05, 3.63) is 0 Å². The molecule has 0 aromatic heterocycles. The van der Waals surface area contributed by atoms with Gasteiger partial charge in [-0.15, -0.1) is 0 Å². The summed E-state index contributed by atoms with van der Waals surface area (Å²) in [6.45, 7) is 2.32. The van der Waals surface area contributed by atoms with E-state index < -0.39 is 15.8 Å². The van der Waals surface area contributed by atoms with Crippen LogP contribution in [0.5, 0.6) is 0 Å². The summed E-state index contributed by atoms with van der Waals surface area (Å²) < 4.78 is 22.8. The molecule has 0 spiro atoms. The zero-order valence-corrected chi connectivity index (χ0v) is 7.84. The smallest absolute Gasteiger partial charge is 0.276 e. The Bertz CT molecular complexity index is 250. The Labute approximate surface area is 72.3 Å². The third kappa shape index (κ3) is 2.41. The van der Waals surface area contributed by atoms with Gasteiger partial charge < -0.3 is 5.11 Å². The van der Waals surface area contributed by atoms with Crippen molar-refractivity contribution in [3.8, 4) is 0 Å². The van der Waals surface area contributed by atoms with E-state index in [0.717, 1.165) is 0 Å². The molecule has 0 aliphatic carbocycles. The van der Waals surface area contributed by atoms with Crippen molar-refractivity contribution in [2.45, 2.75) is 25.4 Å². The number of piperidine rings is 1. The van der Waals surface area contributed by atoms with E-state index in [1.54, 1.807) is 6.92 Å². The van der Waals surface area contributed by atoms with E-state index in [-0.39, 0.29) is 0 Å². The van der Waals surface area contributed by atoms with Gasteiger partial charge in [0.2, 0.25) is 0 Å². The second kappa shape index (κ2) is 2.95. The minimum absolute atomic E-state index is 0.311. The summed E-state index contributed by atoms with van der Waals surface area (Å²) in [4.78, 5) is 0. The van der Waals surface area contributed by atoms with Crippen molar-refractivity contribution in [2.75, 3.05) is 13.1 Å². The molecule has 0 saturated carbocycles. The highest BCUT2D eigenvalue weighted by Gasteiger charge is 2.31. The van der Waals surface area contributed by atoms with Crippen LogP contribution in [0.1, 0.15) is 19.8 Å². The lowest BCUT2D eigenvalue weighted by Gasteiger charge is -2.33. The highest BCUT2D eigenvalue weighted by Crippen LogP contribution is 2.21. The van der Waals surface area contributed by atoms with Crippen molar-refractivity contribution in [1.29, 1.82) is 0 Å². The van der Waals surface area contributed by atoms with Crippen LogP contribution in [0.15, 0.2) is 0 Å². The molecule has 0 aromatic rings. The first-order valence-electron chi connectivity index (χ1n) is 3.81. The summed E-state index contributed by atoms with van der Waals surface area (Å²) in [7, 11) is -3.55. The fourth-order valence-corrected chi connectivity index (χ4v) is 1.91. The fourth-order valence-electron chi connectivity index (χ4n) is 1.22. The van der Waals surface area contributed by atoms with Crippen LogP contribution in [0.3, 0.4) is 0 Å². The molecule has 0 unspecified atom stereocenters. The van der Waals surface area contributed by atoms with E-state index in [1.807, 2.05) is 0 Å². The van der Waals surface area contributed by atoms with Crippen molar-refractivity contribution in [3.63, 3.8) is 0 Å². The molecule has 0 atom stereocenters. The molecular weight excluding hydrogens is 180 g/mol. The number of aliphatic hydroxyl groups is 1. The van der Waals surface area contributed by atoms with Gasteiger partial charge in [-0.2, -0.15) is 12.7 Å². The van der Waals surface area contributed by atoms with Crippen LogP contribution < -0.4 is 5.14 Å². The first kappa shape index (κ1) is 9.91. The van der Waals surface area contributed by atoms with Crippen molar-refractivity contribution in [1.82, 2.24) is 4.31 Å². The maximum absolute atomic E-state index is 10.8. The average molecular weight is 194 g/mol. The summed E-state index contributed by atoms with van der Waals surface area (Å²) in [5.41, 5.74) is -0.735. The number of nitrogens with two attached hydrogens (primary N) is 1. The molecule has 6 heteroatoms. The summed E-state index contributed by atoms with van der Waals surface area (Å²) in [5.74, 6) is 0. The van der Waals surface area contributed by atoms with Gasteiger partial charge in [0, 0.05) is 13.1 Å². The molecule has 5 nitrogen and oxygen atoms in total. The Morgan fingerprint density at radius 1 is 1.42 bits per heavy atom. The molecule has 0 radical (unpaired) electrons. The minimum atomic E-state index is -3.55. The van der Waals surface area contributed by atoms with Crippen LogP contribution >= 0.6 is 0 Å². The van der Waals surface area contributed by atoms with E-state index in [9.17, 15) is 13.5 Å². The van der Waals surface area contributed by atoms with E-state index >= 15 is 0 Å². The molecule has 1 heterocycles. The van der Waals surface area contributed by atoms with Gasteiger partial charge in [-0.25, -0.2) is 5.14 Å². The summed E-state index contributed by atoms with van der Waals surface area (Å²) in [5, 5.41) is 14.4. The number of rotatable bonds is 1. The second-order valence-electron chi connectivity index (χ2n) is 3.44. The summed E-state index contributed by atoms with van der Waals surface area (Å²) >= 11 is 0. The lowest BCUT2D eigenvalue weighted by molar-refractivity contribution is 0.0126. The maximum Gasteiger partial charge on any atom is 0.276 e. The van der Waals surface area contributed by atoms with Gasteiger partial charge >= 0.3 is 0 Å². The number of nitrogens with zero attached hydrogens (tertiary/aromatic N) is 1. The Morgan fingerprint density at radius 3 is 2.17 bits per heavy atom. The Hall–Kier alpha value is -0.170. The monoisotopic (exact) mass is 194 g/mol. The molecule has 1 rings (SSSR count). The predicted molar refractivity (Wildman–Crippen MR) is 44.5 cm³/mol. The van der Waals surface area contributed by atoms with Gasteiger partial charge in [0.15, 0.2) is 0 Å². The third-order valence-corrected chi connectivity index (χ3v) is 3.24. The van der Waals surface area contributed by atoms with Crippen LogP contribution in [0.2, 0.25) is 0 Å². The predicted octanol–water partition coefficient (Wildman–Crippen LogP) is -0.963. The zero-order valence-electron chi connectivity index (χ0n) is 7.02. The molecule has 12 heavy (non-hydrogen) atoms. The first-order chi connectivity index (χ1) is 5.31. The van der Waals surface area contributed by atoms with Crippen LogP contribution in [-0.4, -0.2) is 36.5 Å². The van der Waals surface area contributed by atoms with Crippen molar-refractivity contribution in [2.24, 2.45) is 5.14 Å². The molecule has 3 N–H and O–H groups in total. The largest absolute Gasteiger partial charge is 0.390 e. The average Bonchev–Trinajstić information content (AvgIpc) is 1.83. The molecule has 0 amide bonds. The molecule has 1 aliphatic heterocycles. The molecule has 0 bridgehead atoms. The normalized spacial score (nSPS) is 25.6. The molecule has 0 aromatic carbocycles. The van der Waals surface area contributed by atoms with E-state index in [1.165, 1.54) is 4.31 Å². The number of hydrogen-bond acceptors (Lipinski definition) is 3. The second-order valence-corrected chi connectivity index (χ2v) is 4.99. The maximum atomic E-state index is 10.8. The van der Waals surface area contributed by atoms with Crippen LogP contribution in [0, 0.1) is 0 Å². The number of hydrogen-bond donors (Lipinski definition) is 2. The van der Waals surface area contributed by atoms with E-state index in [4.69, 9.17) is 5.14 Å². The van der Waals surface area contributed by atoms with Gasteiger partial charge in [0.1, 0.15) is 0 Å². The molecule has 1 aliphatic rings. The Balaban J connectivity index is 2.59. The molecular formula is C6H14N2O3S. The van der Waals surface area contributed by atoms with Crippen LogP contribution in [-0.2, 0) is 10.2 Å². The fraction of sp³-hybridized carbons (Fsp3) is 1.00. The minimum Gasteiger partial charge on any atom is -0.390 e. The summed E-state index contributed by atoms with van der Waals surface area (Å²) in [6.07, 6.45) is 0.896. The van der Waals surface area contributed by atoms with E-state index in [0.29, 0.717) is 25.9 Å². The SMILES string of the molecule is CC1(O)CCN(S(N)(=O)=O)CC1. The lowest BCUT2D eigenvalue weighted by Crippen LogP contribution is -2.47. The van der Waals surface area contributed by atoms with Gasteiger partial charge in [-0.1, -0.05) is 0 Å². The highest BCUT2D eigenvalue weighted by molar-refractivity contribution is 7.86. The zero-order chi connectivity index (χ0) is 9.41. The van der Waals surface area contributed by atoms with Crippen LogP contribution in [0.4, 0.5) is 0 Å². The highest BCUT2D eigenvalue weighted by atomic mass is 32.2. The molecule has 1 saturated heterocycles. The lowest BCUT2D eigenvalue weighted by atomic mass is 9.95. The van der Waals surface area contributed by atoms with Crippen LogP contribution in [0.25, 0.3) is 0 Å². The van der Waals surface area contributed by atoms with Crippen molar-refractivity contribution < 1.29 is 13.5 Å². The van der Waals surface area contributed by atoms with Gasteiger partial charge in [-0.3, -0.25) is 0 Å². The third-order valence-electron chi connectivity index (χ3n) is 2.16. The first-order valence-corrected chi connectivity index (χ1v) is 5.32. The quantitative estimate of drug-likeness (QED) is 0.563. The van der Waals surface area contributed by atoms with Gasteiger partial charge in [-0.05, 0) is 19.8 Å². The molecule has 1 fully saturated rings. The topological polar surface area (TPSA) is 83.6 Å². The van der Waals surface area contributed by atoms with Gasteiger partial charge in [0.25, 0.3) is 10.2 Å². The Morgan fingerprint density at radius 2 is 1.83 bits per heavy atom. The summed E-state index contributed by atoms with van der Waals surface area (Å²) in [6, 6.07) is 0. The van der Waals surface area contributed by atoms with E-state index in [2.05, 4.69) is 0 Å². The van der Waals surface area contributed by atoms with Crippen molar-refractivity contribution >= 4 is 10.2 Å². The Kier molecular flexibility index (Phi) is 2.44. The standard InChI is InChI=1S/C6H14N2O3S/c1-6(9)2-4-8(5-3-6)12(7,10)11/h9H,2-5H2,1H3,(H2,7,10,11). The van der Waals surface area contributed by atoms with Gasteiger partial charge in [0.05, 0.1) is 5.60 Å². The molecule has 72 valence electrons.